The van der Waals surface area contributed by atoms with Gasteiger partial charge in [-0.15, -0.1) is 0 Å². The molecule has 21 heavy (non-hydrogen) atoms. The van der Waals surface area contributed by atoms with Crippen molar-refractivity contribution in [2.45, 2.75) is 45.4 Å². The zero-order chi connectivity index (χ0) is 15.5. The van der Waals surface area contributed by atoms with Gasteiger partial charge in [0.05, 0.1) is 0 Å². The first kappa shape index (κ1) is 16.2. The minimum absolute atomic E-state index is 0.158. The van der Waals surface area contributed by atoms with E-state index in [1.807, 2.05) is 32.9 Å². The summed E-state index contributed by atoms with van der Waals surface area (Å²) in [5, 5.41) is 2.94. The van der Waals surface area contributed by atoms with Gasteiger partial charge in [0.1, 0.15) is 10.2 Å². The third-order valence-corrected chi connectivity index (χ3v) is 3.62. The second-order valence-electron chi connectivity index (χ2n) is 6.35. The smallest absolute Gasteiger partial charge is 0.407 e. The second kappa shape index (κ2) is 6.75. The maximum absolute atomic E-state index is 11.8. The molecule has 1 aliphatic rings. The van der Waals surface area contributed by atoms with E-state index in [1.165, 1.54) is 5.56 Å². The number of carbonyl (C=O) groups excluding carboxylic acids is 1. The molecule has 2 rings (SSSR count). The summed E-state index contributed by atoms with van der Waals surface area (Å²) in [6.07, 6.45) is 2.42. The molecule has 0 bridgehead atoms. The number of ether oxygens (including phenoxy) is 1. The average Bonchev–Trinajstić information content (AvgIpc) is 2.73. The molecule has 5 nitrogen and oxygen atoms in total. The van der Waals surface area contributed by atoms with E-state index in [4.69, 9.17) is 4.74 Å². The fraction of sp³-hybridized carbons (Fsp3) is 0.600. The summed E-state index contributed by atoms with van der Waals surface area (Å²) in [6, 6.07) is 4.19. The number of carbonyl (C=O) groups is 1. The highest BCUT2D eigenvalue weighted by atomic mass is 79.9. The van der Waals surface area contributed by atoms with Gasteiger partial charge in [0.25, 0.3) is 0 Å². The van der Waals surface area contributed by atoms with E-state index in [-0.39, 0.29) is 12.1 Å². The zero-order valence-corrected chi connectivity index (χ0v) is 14.3. The number of pyridine rings is 1. The van der Waals surface area contributed by atoms with Crippen LogP contribution in [0.3, 0.4) is 0 Å². The lowest BCUT2D eigenvalue weighted by molar-refractivity contribution is 0.0506. The molecule has 0 spiro atoms. The van der Waals surface area contributed by atoms with E-state index in [9.17, 15) is 4.79 Å². The molecule has 116 valence electrons. The van der Waals surface area contributed by atoms with E-state index in [0.717, 1.165) is 30.7 Å². The van der Waals surface area contributed by atoms with Crippen molar-refractivity contribution in [3.05, 3.63) is 28.5 Å². The fourth-order valence-corrected chi connectivity index (χ4v) is 2.78. The molecule has 1 fully saturated rings. The van der Waals surface area contributed by atoms with Crippen LogP contribution in [-0.4, -0.2) is 40.7 Å². The number of aromatic nitrogens is 1. The molecule has 0 radical (unpaired) electrons. The molecule has 1 aliphatic heterocycles. The van der Waals surface area contributed by atoms with Gasteiger partial charge in [0.2, 0.25) is 0 Å². The predicted octanol–water partition coefficient (Wildman–Crippen LogP) is 2.94. The topological polar surface area (TPSA) is 54.5 Å². The first-order chi connectivity index (χ1) is 9.82. The lowest BCUT2D eigenvalue weighted by Crippen LogP contribution is -2.40. The van der Waals surface area contributed by atoms with Crippen molar-refractivity contribution < 1.29 is 9.53 Å². The monoisotopic (exact) mass is 355 g/mol. The van der Waals surface area contributed by atoms with E-state index < -0.39 is 5.60 Å². The van der Waals surface area contributed by atoms with Crippen LogP contribution in [0.5, 0.6) is 0 Å². The number of nitrogens with zero attached hydrogens (tertiary/aromatic N) is 2. The fourth-order valence-electron chi connectivity index (χ4n) is 2.37. The molecule has 0 saturated carbocycles. The average molecular weight is 356 g/mol. The Bertz CT molecular complexity index is 502. The van der Waals surface area contributed by atoms with Gasteiger partial charge in [0.15, 0.2) is 0 Å². The van der Waals surface area contributed by atoms with Gasteiger partial charge in [-0.3, -0.25) is 4.90 Å². The van der Waals surface area contributed by atoms with Crippen molar-refractivity contribution in [1.82, 2.24) is 15.2 Å². The Labute approximate surface area is 134 Å². The standard InChI is InChI=1S/C15H22BrN3O2/c1-15(2,3)21-14(20)18-12-5-7-19(10-12)9-11-4-6-17-13(16)8-11/h4,6,8,12H,5,7,9-10H2,1-3H3,(H,18,20). The van der Waals surface area contributed by atoms with Gasteiger partial charge in [-0.05, 0) is 60.8 Å². The highest BCUT2D eigenvalue weighted by molar-refractivity contribution is 9.10. The molecule has 1 aromatic heterocycles. The van der Waals surface area contributed by atoms with E-state index in [2.05, 4.69) is 31.1 Å². The molecule has 2 heterocycles. The van der Waals surface area contributed by atoms with E-state index in [1.54, 1.807) is 6.20 Å². The van der Waals surface area contributed by atoms with Crippen LogP contribution in [0.4, 0.5) is 4.79 Å². The third-order valence-electron chi connectivity index (χ3n) is 3.19. The Morgan fingerprint density at radius 2 is 2.33 bits per heavy atom. The van der Waals surface area contributed by atoms with E-state index >= 15 is 0 Å². The molecule has 0 aromatic carbocycles. The lowest BCUT2D eigenvalue weighted by atomic mass is 10.2. The predicted molar refractivity (Wildman–Crippen MR) is 85.0 cm³/mol. The number of rotatable bonds is 3. The van der Waals surface area contributed by atoms with Crippen molar-refractivity contribution in [1.29, 1.82) is 0 Å². The van der Waals surface area contributed by atoms with E-state index in [0.29, 0.717) is 0 Å². The molecule has 1 unspecified atom stereocenters. The van der Waals surface area contributed by atoms with Crippen molar-refractivity contribution in [2.75, 3.05) is 13.1 Å². The van der Waals surface area contributed by atoms with Gasteiger partial charge in [0, 0.05) is 31.9 Å². The molecule has 1 atom stereocenters. The summed E-state index contributed by atoms with van der Waals surface area (Å²) < 4.78 is 6.14. The zero-order valence-electron chi connectivity index (χ0n) is 12.7. The molecule has 6 heteroatoms. The summed E-state index contributed by atoms with van der Waals surface area (Å²) in [5.41, 5.74) is 0.765. The summed E-state index contributed by atoms with van der Waals surface area (Å²) in [6.45, 7) is 8.30. The summed E-state index contributed by atoms with van der Waals surface area (Å²) in [7, 11) is 0. The van der Waals surface area contributed by atoms with Crippen molar-refractivity contribution in [3.8, 4) is 0 Å². The van der Waals surface area contributed by atoms with Gasteiger partial charge in [-0.25, -0.2) is 9.78 Å². The molecule has 1 aromatic rings. The summed E-state index contributed by atoms with van der Waals surface area (Å²) >= 11 is 3.38. The normalized spacial score (nSPS) is 19.5. The Morgan fingerprint density at radius 1 is 1.57 bits per heavy atom. The number of likely N-dealkylation sites (tertiary alicyclic amines) is 1. The Hall–Kier alpha value is -1.14. The number of amides is 1. The van der Waals surface area contributed by atoms with Gasteiger partial charge in [-0.1, -0.05) is 0 Å². The Kier molecular flexibility index (Phi) is 5.22. The number of hydrogen-bond donors (Lipinski definition) is 1. The number of alkyl carbamates (subject to hydrolysis) is 1. The van der Waals surface area contributed by atoms with Crippen LogP contribution in [0.15, 0.2) is 22.9 Å². The van der Waals surface area contributed by atoms with Crippen LogP contribution in [0.25, 0.3) is 0 Å². The van der Waals surface area contributed by atoms with Crippen LogP contribution in [0.2, 0.25) is 0 Å². The maximum atomic E-state index is 11.8. The van der Waals surface area contributed by atoms with Crippen LogP contribution in [0, 0.1) is 0 Å². The minimum Gasteiger partial charge on any atom is -0.444 e. The molecule has 0 aliphatic carbocycles. The number of hydrogen-bond acceptors (Lipinski definition) is 4. The molecule has 1 N–H and O–H groups in total. The van der Waals surface area contributed by atoms with Crippen molar-refractivity contribution in [2.24, 2.45) is 0 Å². The molecule has 1 amide bonds. The van der Waals surface area contributed by atoms with Crippen molar-refractivity contribution in [3.63, 3.8) is 0 Å². The summed E-state index contributed by atoms with van der Waals surface area (Å²) in [4.78, 5) is 18.2. The van der Waals surface area contributed by atoms with Crippen LogP contribution in [-0.2, 0) is 11.3 Å². The summed E-state index contributed by atoms with van der Waals surface area (Å²) in [5.74, 6) is 0. The van der Waals surface area contributed by atoms with Crippen LogP contribution >= 0.6 is 15.9 Å². The third kappa shape index (κ3) is 5.63. The molecular weight excluding hydrogens is 334 g/mol. The highest BCUT2D eigenvalue weighted by Gasteiger charge is 2.26. The van der Waals surface area contributed by atoms with Crippen molar-refractivity contribution >= 4 is 22.0 Å². The maximum Gasteiger partial charge on any atom is 0.407 e. The first-order valence-electron chi connectivity index (χ1n) is 7.14. The molecule has 1 saturated heterocycles. The quantitative estimate of drug-likeness (QED) is 0.847. The van der Waals surface area contributed by atoms with Gasteiger partial charge < -0.3 is 10.1 Å². The van der Waals surface area contributed by atoms with Crippen LogP contribution in [0.1, 0.15) is 32.8 Å². The first-order valence-corrected chi connectivity index (χ1v) is 7.93. The second-order valence-corrected chi connectivity index (χ2v) is 7.17. The number of nitrogens with one attached hydrogen (secondary N) is 1. The SMILES string of the molecule is CC(C)(C)OC(=O)NC1CCN(Cc2ccnc(Br)c2)C1. The van der Waals surface area contributed by atoms with Gasteiger partial charge >= 0.3 is 6.09 Å². The Balaban J connectivity index is 1.80. The molecular formula is C15H22BrN3O2. The van der Waals surface area contributed by atoms with Gasteiger partial charge in [-0.2, -0.15) is 0 Å². The lowest BCUT2D eigenvalue weighted by Gasteiger charge is -2.22. The number of halogens is 1. The Morgan fingerprint density at radius 3 is 3.00 bits per heavy atom. The minimum atomic E-state index is -0.453. The largest absolute Gasteiger partial charge is 0.444 e. The highest BCUT2D eigenvalue weighted by Crippen LogP contribution is 2.16. The van der Waals surface area contributed by atoms with Crippen LogP contribution < -0.4 is 5.32 Å².